The van der Waals surface area contributed by atoms with E-state index in [4.69, 9.17) is 13.9 Å². The molecule has 1 aliphatic rings. The van der Waals surface area contributed by atoms with Crippen LogP contribution >= 0.6 is 0 Å². The number of ether oxygens (including phenoxy) is 2. The summed E-state index contributed by atoms with van der Waals surface area (Å²) in [5, 5.41) is 9.33. The van der Waals surface area contributed by atoms with Crippen molar-refractivity contribution in [2.45, 2.75) is 38.8 Å². The molecule has 0 spiro atoms. The van der Waals surface area contributed by atoms with Gasteiger partial charge in [0, 0.05) is 32.2 Å². The van der Waals surface area contributed by atoms with Crippen LogP contribution in [0.1, 0.15) is 52.0 Å². The Kier molecular flexibility index (Phi) is 6.36. The van der Waals surface area contributed by atoms with Gasteiger partial charge < -0.3 is 23.9 Å². The van der Waals surface area contributed by atoms with Crippen molar-refractivity contribution in [3.8, 4) is 5.75 Å². The number of methoxy groups -OCH3 is 1. The highest BCUT2D eigenvalue weighted by atomic mass is 16.5. The van der Waals surface area contributed by atoms with Crippen molar-refractivity contribution in [2.24, 2.45) is 0 Å². The second kappa shape index (κ2) is 8.93. The average molecular weight is 387 g/mol. The Morgan fingerprint density at radius 1 is 1.32 bits per heavy atom. The van der Waals surface area contributed by atoms with Crippen LogP contribution in [0.5, 0.6) is 5.75 Å². The Balaban J connectivity index is 1.86. The molecule has 0 aliphatic carbocycles. The zero-order chi connectivity index (χ0) is 20.1. The molecule has 1 unspecified atom stereocenters. The largest absolute Gasteiger partial charge is 0.497 e. The van der Waals surface area contributed by atoms with E-state index in [1.165, 1.54) is 6.07 Å². The van der Waals surface area contributed by atoms with Crippen molar-refractivity contribution in [1.29, 1.82) is 0 Å². The summed E-state index contributed by atoms with van der Waals surface area (Å²) in [5.74, 6) is -0.399. The minimum absolute atomic E-state index is 0.0318. The first-order valence-corrected chi connectivity index (χ1v) is 9.41. The first-order chi connectivity index (χ1) is 13.5. The normalized spacial score (nSPS) is 16.1. The summed E-state index contributed by atoms with van der Waals surface area (Å²) in [6, 6.07) is 8.82. The molecule has 3 rings (SSSR count). The number of nitrogens with zero attached hydrogens (tertiary/aromatic N) is 1. The topological polar surface area (TPSA) is 89.2 Å². The molecule has 1 N–H and O–H groups in total. The fourth-order valence-corrected chi connectivity index (χ4v) is 3.38. The van der Waals surface area contributed by atoms with E-state index in [9.17, 15) is 14.7 Å². The van der Waals surface area contributed by atoms with Gasteiger partial charge >= 0.3 is 5.97 Å². The summed E-state index contributed by atoms with van der Waals surface area (Å²) >= 11 is 0. The Bertz CT molecular complexity index is 837. The van der Waals surface area contributed by atoms with Crippen molar-refractivity contribution in [2.75, 3.05) is 20.3 Å². The number of carbonyl (C=O) groups is 2. The van der Waals surface area contributed by atoms with Crippen LogP contribution in [0.2, 0.25) is 0 Å². The number of aromatic carboxylic acids is 1. The Morgan fingerprint density at radius 2 is 2.14 bits per heavy atom. The molecule has 0 bridgehead atoms. The standard InChI is InChI=1S/C21H25NO6/c1-3-18-17(21(24)25)11-19(28-18)20(23)22(13-16-8-5-9-27-16)12-14-6-4-7-15(10-14)26-2/h4,6-7,10-11,16H,3,5,8-9,12-13H2,1-2H3,(H,24,25). The second-order valence-electron chi connectivity index (χ2n) is 6.78. The molecule has 1 aromatic carbocycles. The van der Waals surface area contributed by atoms with E-state index in [2.05, 4.69) is 0 Å². The summed E-state index contributed by atoms with van der Waals surface area (Å²) in [4.78, 5) is 26.2. The summed E-state index contributed by atoms with van der Waals surface area (Å²) in [6.45, 7) is 3.25. The number of hydrogen-bond donors (Lipinski definition) is 1. The van der Waals surface area contributed by atoms with Crippen LogP contribution in [0.25, 0.3) is 0 Å². The Morgan fingerprint density at radius 3 is 2.75 bits per heavy atom. The van der Waals surface area contributed by atoms with Gasteiger partial charge in [0.05, 0.1) is 13.2 Å². The number of aryl methyl sites for hydroxylation is 1. The predicted molar refractivity (Wildman–Crippen MR) is 102 cm³/mol. The quantitative estimate of drug-likeness (QED) is 0.747. The van der Waals surface area contributed by atoms with Crippen molar-refractivity contribution < 1.29 is 28.6 Å². The fraction of sp³-hybridized carbons (Fsp3) is 0.429. The van der Waals surface area contributed by atoms with Crippen molar-refractivity contribution >= 4 is 11.9 Å². The van der Waals surface area contributed by atoms with Crippen molar-refractivity contribution in [1.82, 2.24) is 4.90 Å². The lowest BCUT2D eigenvalue weighted by molar-refractivity contribution is 0.0482. The number of hydrogen-bond acceptors (Lipinski definition) is 5. The minimum Gasteiger partial charge on any atom is -0.497 e. The molecule has 7 heteroatoms. The van der Waals surface area contributed by atoms with E-state index in [-0.39, 0.29) is 23.3 Å². The summed E-state index contributed by atoms with van der Waals surface area (Å²) in [7, 11) is 1.59. The Hall–Kier alpha value is -2.80. The number of amides is 1. The summed E-state index contributed by atoms with van der Waals surface area (Å²) in [5.41, 5.74) is 0.940. The van der Waals surface area contributed by atoms with Gasteiger partial charge in [-0.1, -0.05) is 19.1 Å². The van der Waals surface area contributed by atoms with E-state index < -0.39 is 5.97 Å². The van der Waals surface area contributed by atoms with Gasteiger partial charge in [0.2, 0.25) is 0 Å². The van der Waals surface area contributed by atoms with Gasteiger partial charge in [-0.25, -0.2) is 4.79 Å². The van der Waals surface area contributed by atoms with Crippen LogP contribution in [0, 0.1) is 0 Å². The molecular weight excluding hydrogens is 362 g/mol. The third kappa shape index (κ3) is 4.54. The molecule has 0 saturated carbocycles. The zero-order valence-electron chi connectivity index (χ0n) is 16.1. The van der Waals surface area contributed by atoms with Crippen LogP contribution in [0.3, 0.4) is 0 Å². The average Bonchev–Trinajstić information content (AvgIpc) is 3.36. The number of rotatable bonds is 8. The van der Waals surface area contributed by atoms with Gasteiger partial charge in [0.15, 0.2) is 5.76 Å². The molecule has 2 aromatic rings. The molecule has 28 heavy (non-hydrogen) atoms. The van der Waals surface area contributed by atoms with E-state index in [1.54, 1.807) is 18.9 Å². The highest BCUT2D eigenvalue weighted by Gasteiger charge is 2.27. The van der Waals surface area contributed by atoms with Gasteiger partial charge in [0.1, 0.15) is 17.1 Å². The first-order valence-electron chi connectivity index (χ1n) is 9.41. The number of furan rings is 1. The third-order valence-electron chi connectivity index (χ3n) is 4.81. The molecule has 0 radical (unpaired) electrons. The molecule has 2 heterocycles. The van der Waals surface area contributed by atoms with Crippen LogP contribution in [-0.2, 0) is 17.7 Å². The molecule has 1 amide bonds. The van der Waals surface area contributed by atoms with Gasteiger partial charge in [-0.05, 0) is 30.5 Å². The van der Waals surface area contributed by atoms with E-state index in [0.717, 1.165) is 18.4 Å². The molecule has 1 aliphatic heterocycles. The monoisotopic (exact) mass is 387 g/mol. The number of carbonyl (C=O) groups excluding carboxylic acids is 1. The predicted octanol–water partition coefficient (Wildman–Crippen LogP) is 3.37. The maximum absolute atomic E-state index is 13.1. The van der Waals surface area contributed by atoms with E-state index in [0.29, 0.717) is 37.6 Å². The lowest BCUT2D eigenvalue weighted by Gasteiger charge is -2.25. The molecule has 1 aromatic heterocycles. The third-order valence-corrected chi connectivity index (χ3v) is 4.81. The Labute approximate surface area is 163 Å². The molecule has 1 atom stereocenters. The smallest absolute Gasteiger partial charge is 0.339 e. The number of carboxylic acids is 1. The van der Waals surface area contributed by atoms with Gasteiger partial charge in [-0.2, -0.15) is 0 Å². The summed E-state index contributed by atoms with van der Waals surface area (Å²) in [6.07, 6.45) is 2.22. The van der Waals surface area contributed by atoms with Crippen molar-refractivity contribution in [3.05, 3.63) is 53.0 Å². The van der Waals surface area contributed by atoms with Gasteiger partial charge in [-0.3, -0.25) is 4.79 Å². The van der Waals surface area contributed by atoms with Crippen LogP contribution < -0.4 is 4.74 Å². The molecule has 1 fully saturated rings. The SMILES string of the molecule is CCc1oc(C(=O)N(Cc2cccc(OC)c2)CC2CCCO2)cc1C(=O)O. The number of carboxylic acid groups (broad SMARTS) is 1. The molecule has 1 saturated heterocycles. The summed E-state index contributed by atoms with van der Waals surface area (Å²) < 4.78 is 16.5. The minimum atomic E-state index is -1.10. The highest BCUT2D eigenvalue weighted by Crippen LogP contribution is 2.22. The zero-order valence-corrected chi connectivity index (χ0v) is 16.1. The van der Waals surface area contributed by atoms with Crippen molar-refractivity contribution in [3.63, 3.8) is 0 Å². The lowest BCUT2D eigenvalue weighted by Crippen LogP contribution is -2.36. The van der Waals surface area contributed by atoms with E-state index in [1.807, 2.05) is 24.3 Å². The van der Waals surface area contributed by atoms with E-state index >= 15 is 0 Å². The molecule has 7 nitrogen and oxygen atoms in total. The van der Waals surface area contributed by atoms with Crippen LogP contribution in [-0.4, -0.2) is 48.2 Å². The maximum Gasteiger partial charge on any atom is 0.339 e. The van der Waals surface area contributed by atoms with Crippen LogP contribution in [0.15, 0.2) is 34.7 Å². The van der Waals surface area contributed by atoms with Crippen LogP contribution in [0.4, 0.5) is 0 Å². The molecular formula is C21H25NO6. The van der Waals surface area contributed by atoms with Gasteiger partial charge in [-0.15, -0.1) is 0 Å². The molecule has 150 valence electrons. The second-order valence-corrected chi connectivity index (χ2v) is 6.78. The van der Waals surface area contributed by atoms with Gasteiger partial charge in [0.25, 0.3) is 5.91 Å². The lowest BCUT2D eigenvalue weighted by atomic mass is 10.1. The maximum atomic E-state index is 13.1. The fourth-order valence-electron chi connectivity index (χ4n) is 3.38. The first kappa shape index (κ1) is 19.9. The number of benzene rings is 1. The highest BCUT2D eigenvalue weighted by molar-refractivity contribution is 5.96.